The van der Waals surface area contributed by atoms with E-state index in [1.54, 1.807) is 30.0 Å². The first-order valence-electron chi connectivity index (χ1n) is 5.91. The van der Waals surface area contributed by atoms with Crippen LogP contribution in [-0.4, -0.2) is 12.2 Å². The molecule has 2 rings (SSSR count). The lowest BCUT2D eigenvalue weighted by Gasteiger charge is -2.08. The van der Waals surface area contributed by atoms with Gasteiger partial charge in [-0.1, -0.05) is 6.07 Å². The van der Waals surface area contributed by atoms with Gasteiger partial charge in [0, 0.05) is 21.8 Å². The van der Waals surface area contributed by atoms with Crippen LogP contribution in [0.15, 0.2) is 47.4 Å². The zero-order valence-corrected chi connectivity index (χ0v) is 11.8. The van der Waals surface area contributed by atoms with Gasteiger partial charge in [-0.3, -0.25) is 4.79 Å². The Bertz CT molecular complexity index is 611. The molecule has 1 amide bonds. The highest BCUT2D eigenvalue weighted by atomic mass is 32.2. The maximum Gasteiger partial charge on any atom is 0.255 e. The molecule has 2 aromatic carbocycles. The fraction of sp³-hybridized carbons (Fsp3) is 0.133. The molecule has 0 spiro atoms. The third kappa shape index (κ3) is 3.29. The van der Waals surface area contributed by atoms with Gasteiger partial charge in [0.05, 0.1) is 0 Å². The van der Waals surface area contributed by atoms with Crippen LogP contribution in [0.5, 0.6) is 0 Å². The normalized spacial score (nSPS) is 10.2. The van der Waals surface area contributed by atoms with Crippen LogP contribution in [0.4, 0.5) is 11.4 Å². The monoisotopic (exact) mass is 272 g/mol. The molecular formula is C15H16N2OS. The maximum absolute atomic E-state index is 12.1. The van der Waals surface area contributed by atoms with E-state index in [2.05, 4.69) is 5.32 Å². The zero-order valence-electron chi connectivity index (χ0n) is 10.9. The summed E-state index contributed by atoms with van der Waals surface area (Å²) in [6.07, 6.45) is 2.00. The number of hydrogen-bond acceptors (Lipinski definition) is 3. The van der Waals surface area contributed by atoms with Gasteiger partial charge in [-0.05, 0) is 55.1 Å². The van der Waals surface area contributed by atoms with Gasteiger partial charge in [0.2, 0.25) is 0 Å². The van der Waals surface area contributed by atoms with Crippen molar-refractivity contribution in [2.24, 2.45) is 0 Å². The van der Waals surface area contributed by atoms with Crippen molar-refractivity contribution in [3.8, 4) is 0 Å². The molecule has 0 radical (unpaired) electrons. The zero-order chi connectivity index (χ0) is 13.8. The second-order valence-corrected chi connectivity index (χ2v) is 5.14. The molecule has 0 heterocycles. The quantitative estimate of drug-likeness (QED) is 0.663. The first-order valence-corrected chi connectivity index (χ1v) is 7.14. The molecule has 2 aromatic rings. The molecule has 3 N–H and O–H groups in total. The van der Waals surface area contributed by atoms with Crippen molar-refractivity contribution in [3.05, 3.63) is 53.6 Å². The number of nitrogen functional groups attached to an aromatic ring is 1. The van der Waals surface area contributed by atoms with Crippen molar-refractivity contribution in [1.82, 2.24) is 0 Å². The number of anilines is 2. The number of rotatable bonds is 3. The van der Waals surface area contributed by atoms with Crippen LogP contribution in [0.25, 0.3) is 0 Å². The van der Waals surface area contributed by atoms with Gasteiger partial charge in [0.1, 0.15) is 0 Å². The van der Waals surface area contributed by atoms with E-state index >= 15 is 0 Å². The minimum absolute atomic E-state index is 0.124. The number of amides is 1. The molecule has 0 unspecified atom stereocenters. The van der Waals surface area contributed by atoms with Gasteiger partial charge in [-0.25, -0.2) is 0 Å². The molecule has 19 heavy (non-hydrogen) atoms. The summed E-state index contributed by atoms with van der Waals surface area (Å²) >= 11 is 1.64. The highest BCUT2D eigenvalue weighted by Crippen LogP contribution is 2.20. The summed E-state index contributed by atoms with van der Waals surface area (Å²) in [6, 6.07) is 13.0. The molecule has 0 aromatic heterocycles. The highest BCUT2D eigenvalue weighted by molar-refractivity contribution is 7.98. The highest BCUT2D eigenvalue weighted by Gasteiger charge is 2.07. The Balaban J connectivity index is 2.18. The molecule has 0 aliphatic carbocycles. The van der Waals surface area contributed by atoms with Gasteiger partial charge in [0.25, 0.3) is 5.91 Å². The third-order valence-electron chi connectivity index (χ3n) is 2.86. The molecule has 0 bridgehead atoms. The summed E-state index contributed by atoms with van der Waals surface area (Å²) in [5.41, 5.74) is 8.76. The van der Waals surface area contributed by atoms with Crippen molar-refractivity contribution in [2.45, 2.75) is 11.8 Å². The fourth-order valence-corrected chi connectivity index (χ4v) is 2.18. The first kappa shape index (κ1) is 13.5. The van der Waals surface area contributed by atoms with Crippen LogP contribution in [0.2, 0.25) is 0 Å². The molecular weight excluding hydrogens is 256 g/mol. The van der Waals surface area contributed by atoms with Crippen LogP contribution < -0.4 is 11.1 Å². The van der Waals surface area contributed by atoms with E-state index < -0.39 is 0 Å². The number of benzene rings is 2. The summed E-state index contributed by atoms with van der Waals surface area (Å²) in [5.74, 6) is -0.124. The van der Waals surface area contributed by atoms with Crippen LogP contribution >= 0.6 is 11.8 Å². The van der Waals surface area contributed by atoms with E-state index in [1.807, 2.05) is 37.4 Å². The van der Waals surface area contributed by atoms with Crippen LogP contribution in [0.1, 0.15) is 15.9 Å². The van der Waals surface area contributed by atoms with Crippen LogP contribution in [-0.2, 0) is 0 Å². The Morgan fingerprint density at radius 1 is 1.21 bits per heavy atom. The average Bonchev–Trinajstić information content (AvgIpc) is 2.42. The lowest BCUT2D eigenvalue weighted by atomic mass is 10.1. The largest absolute Gasteiger partial charge is 0.399 e. The second-order valence-electron chi connectivity index (χ2n) is 4.26. The van der Waals surface area contributed by atoms with Crippen LogP contribution in [0, 0.1) is 6.92 Å². The van der Waals surface area contributed by atoms with Crippen molar-refractivity contribution in [3.63, 3.8) is 0 Å². The van der Waals surface area contributed by atoms with Gasteiger partial charge < -0.3 is 11.1 Å². The summed E-state index contributed by atoms with van der Waals surface area (Å²) in [4.78, 5) is 13.2. The number of hydrogen-bond donors (Lipinski definition) is 2. The Labute approximate surface area is 117 Å². The standard InChI is InChI=1S/C15H16N2OS/c1-10-8-11(6-7-14(10)16)15(18)17-12-4-3-5-13(9-12)19-2/h3-9H,16H2,1-2H3,(H,17,18). The lowest BCUT2D eigenvalue weighted by molar-refractivity contribution is 0.102. The van der Waals surface area contributed by atoms with E-state index in [-0.39, 0.29) is 5.91 Å². The molecule has 3 nitrogen and oxygen atoms in total. The Hall–Kier alpha value is -1.94. The van der Waals surface area contributed by atoms with Gasteiger partial charge >= 0.3 is 0 Å². The van der Waals surface area contributed by atoms with Crippen LogP contribution in [0.3, 0.4) is 0 Å². The number of thioether (sulfide) groups is 1. The molecule has 0 atom stereocenters. The predicted octanol–water partition coefficient (Wildman–Crippen LogP) is 3.55. The summed E-state index contributed by atoms with van der Waals surface area (Å²) in [6.45, 7) is 1.89. The van der Waals surface area contributed by atoms with Crippen molar-refractivity contribution >= 4 is 29.0 Å². The number of nitrogens with two attached hydrogens (primary N) is 1. The maximum atomic E-state index is 12.1. The van der Waals surface area contributed by atoms with E-state index in [0.29, 0.717) is 11.3 Å². The molecule has 0 fully saturated rings. The molecule has 4 heteroatoms. The van der Waals surface area contributed by atoms with E-state index in [0.717, 1.165) is 16.1 Å². The number of carbonyl (C=O) groups excluding carboxylic acids is 1. The van der Waals surface area contributed by atoms with E-state index in [1.165, 1.54) is 0 Å². The number of carbonyl (C=O) groups is 1. The average molecular weight is 272 g/mol. The molecule has 0 aliphatic rings. The predicted molar refractivity (Wildman–Crippen MR) is 81.8 cm³/mol. The van der Waals surface area contributed by atoms with Crippen molar-refractivity contribution < 1.29 is 4.79 Å². The smallest absolute Gasteiger partial charge is 0.255 e. The fourth-order valence-electron chi connectivity index (χ4n) is 1.72. The Kier molecular flexibility index (Phi) is 4.12. The lowest BCUT2D eigenvalue weighted by Crippen LogP contribution is -2.12. The Morgan fingerprint density at radius 3 is 2.68 bits per heavy atom. The van der Waals surface area contributed by atoms with E-state index in [9.17, 15) is 4.79 Å². The molecule has 0 saturated heterocycles. The van der Waals surface area contributed by atoms with Gasteiger partial charge in [-0.15, -0.1) is 11.8 Å². The van der Waals surface area contributed by atoms with Gasteiger partial charge in [0.15, 0.2) is 0 Å². The van der Waals surface area contributed by atoms with Crippen molar-refractivity contribution in [1.29, 1.82) is 0 Å². The molecule has 0 aliphatic heterocycles. The number of nitrogens with one attached hydrogen (secondary N) is 1. The first-order chi connectivity index (χ1) is 9.10. The minimum Gasteiger partial charge on any atom is -0.399 e. The molecule has 0 saturated carbocycles. The second kappa shape index (κ2) is 5.80. The Morgan fingerprint density at radius 2 is 2.00 bits per heavy atom. The topological polar surface area (TPSA) is 55.1 Å². The number of aryl methyl sites for hydroxylation is 1. The summed E-state index contributed by atoms with van der Waals surface area (Å²) < 4.78 is 0. The van der Waals surface area contributed by atoms with Crippen molar-refractivity contribution in [2.75, 3.05) is 17.3 Å². The van der Waals surface area contributed by atoms with E-state index in [4.69, 9.17) is 5.73 Å². The summed E-state index contributed by atoms with van der Waals surface area (Å²) in [5, 5.41) is 2.89. The van der Waals surface area contributed by atoms with Gasteiger partial charge in [-0.2, -0.15) is 0 Å². The molecule has 98 valence electrons. The summed E-state index contributed by atoms with van der Waals surface area (Å²) in [7, 11) is 0. The third-order valence-corrected chi connectivity index (χ3v) is 3.58. The SMILES string of the molecule is CSc1cccc(NC(=O)c2ccc(N)c(C)c2)c1. The minimum atomic E-state index is -0.124.